The number of ether oxygens (including phenoxy) is 6. The Bertz CT molecular complexity index is 1700. The van der Waals surface area contributed by atoms with Gasteiger partial charge in [0.15, 0.2) is 0 Å². The van der Waals surface area contributed by atoms with E-state index in [0.717, 1.165) is 86.9 Å². The molecule has 10 rings (SSSR count). The fourth-order valence-electron chi connectivity index (χ4n) is 10.7. The molecule has 0 N–H and O–H groups in total. The lowest BCUT2D eigenvalue weighted by atomic mass is 9.53. The third kappa shape index (κ3) is 8.91. The molecule has 2 atom stereocenters. The van der Waals surface area contributed by atoms with Gasteiger partial charge in [0.2, 0.25) is 0 Å². The first-order valence-corrected chi connectivity index (χ1v) is 23.0. The van der Waals surface area contributed by atoms with Crippen LogP contribution in [0, 0.1) is 29.1 Å². The van der Waals surface area contributed by atoms with E-state index in [1.165, 1.54) is 73.6 Å². The highest BCUT2D eigenvalue weighted by Gasteiger charge is 2.48. The van der Waals surface area contributed by atoms with E-state index < -0.39 is 0 Å². The van der Waals surface area contributed by atoms with Crippen molar-refractivity contribution in [1.29, 1.82) is 0 Å². The summed E-state index contributed by atoms with van der Waals surface area (Å²) in [7, 11) is 0. The van der Waals surface area contributed by atoms with Crippen LogP contribution in [-0.2, 0) is 20.3 Å². The van der Waals surface area contributed by atoms with E-state index in [2.05, 4.69) is 111 Å². The molecule has 0 bridgehead atoms. The Labute approximate surface area is 352 Å². The molecular weight excluding hydrogens is 733 g/mol. The van der Waals surface area contributed by atoms with E-state index in [1.807, 2.05) is 0 Å². The molecule has 2 saturated heterocycles. The van der Waals surface area contributed by atoms with Crippen LogP contribution in [0.4, 0.5) is 0 Å². The second kappa shape index (κ2) is 16.5. The fraction of sp³-hybridized carbons (Fsp3) is 0.547. The zero-order valence-electron chi connectivity index (χ0n) is 35.4. The van der Waals surface area contributed by atoms with Crippen molar-refractivity contribution < 1.29 is 28.4 Å². The van der Waals surface area contributed by atoms with Gasteiger partial charge in [-0.15, -0.1) is 0 Å². The summed E-state index contributed by atoms with van der Waals surface area (Å²) < 4.78 is 35.3. The van der Waals surface area contributed by atoms with Crippen LogP contribution >= 0.6 is 0 Å². The predicted octanol–water partition coefficient (Wildman–Crippen LogP) is 11.5. The molecule has 4 aliphatic carbocycles. The van der Waals surface area contributed by atoms with Crippen LogP contribution in [0.2, 0.25) is 0 Å². The highest BCUT2D eigenvalue weighted by Crippen LogP contribution is 2.57. The van der Waals surface area contributed by atoms with Gasteiger partial charge in [0.05, 0.1) is 26.4 Å². The molecule has 4 aromatic carbocycles. The lowest BCUT2D eigenvalue weighted by Crippen LogP contribution is -2.43. The van der Waals surface area contributed by atoms with Crippen molar-refractivity contribution in [2.45, 2.75) is 114 Å². The molecule has 2 heterocycles. The maximum absolute atomic E-state index is 6.19. The number of epoxide rings is 2. The third-order valence-electron chi connectivity index (χ3n) is 15.5. The van der Waals surface area contributed by atoms with E-state index in [1.54, 1.807) is 0 Å². The van der Waals surface area contributed by atoms with Crippen molar-refractivity contribution in [3.05, 3.63) is 119 Å². The van der Waals surface area contributed by atoms with Gasteiger partial charge in [0.1, 0.15) is 48.4 Å². The normalized spacial score (nSPS) is 26.5. The lowest BCUT2D eigenvalue weighted by Gasteiger charge is -2.51. The maximum Gasteiger partial charge on any atom is 0.119 e. The summed E-state index contributed by atoms with van der Waals surface area (Å²) >= 11 is 0. The summed E-state index contributed by atoms with van der Waals surface area (Å²) in [6, 6.07) is 36.3. The Morgan fingerprint density at radius 3 is 0.949 bits per heavy atom. The summed E-state index contributed by atoms with van der Waals surface area (Å²) in [6.45, 7) is 9.77. The number of benzene rings is 4. The topological polar surface area (TPSA) is 62.0 Å². The quantitative estimate of drug-likeness (QED) is 0.0935. The Hall–Kier alpha value is -4.00. The molecule has 6 fully saturated rings. The van der Waals surface area contributed by atoms with Crippen LogP contribution < -0.4 is 18.9 Å². The van der Waals surface area contributed by atoms with Crippen molar-refractivity contribution in [1.82, 2.24) is 0 Å². The van der Waals surface area contributed by atoms with E-state index in [9.17, 15) is 0 Å². The molecule has 6 nitrogen and oxygen atoms in total. The average molecular weight is 797 g/mol. The minimum atomic E-state index is -0.0480. The minimum absolute atomic E-state index is 0.0124. The molecule has 0 radical (unpaired) electrons. The number of hydrogen-bond acceptors (Lipinski definition) is 6. The van der Waals surface area contributed by atoms with Gasteiger partial charge < -0.3 is 28.4 Å². The summed E-state index contributed by atoms with van der Waals surface area (Å²) in [5.41, 5.74) is 5.81. The SMILES string of the molecule is CC(C)(C1CCC(c2ccc(OCC3CC3)cc2)(c2ccc(OCC3CC3)cc2)CC1)C1CCC(c2ccc(OCC3CO3)cc2)(c2ccc(OCC3CO3)cc2)CC1. The van der Waals surface area contributed by atoms with Gasteiger partial charge >= 0.3 is 0 Å². The van der Waals surface area contributed by atoms with Gasteiger partial charge in [-0.3, -0.25) is 0 Å². The van der Waals surface area contributed by atoms with Crippen LogP contribution in [0.3, 0.4) is 0 Å². The summed E-state index contributed by atoms with van der Waals surface area (Å²) in [5.74, 6) is 6.69. The van der Waals surface area contributed by atoms with E-state index in [0.29, 0.717) is 25.0 Å². The van der Waals surface area contributed by atoms with Crippen molar-refractivity contribution in [3.63, 3.8) is 0 Å². The molecule has 0 spiro atoms. The van der Waals surface area contributed by atoms with Crippen molar-refractivity contribution in [3.8, 4) is 23.0 Å². The predicted molar refractivity (Wildman–Crippen MR) is 232 cm³/mol. The third-order valence-corrected chi connectivity index (χ3v) is 15.5. The van der Waals surface area contributed by atoms with E-state index in [-0.39, 0.29) is 28.5 Å². The summed E-state index contributed by atoms with van der Waals surface area (Å²) in [4.78, 5) is 0. The minimum Gasteiger partial charge on any atom is -0.493 e. The van der Waals surface area contributed by atoms with Gasteiger partial charge in [0, 0.05) is 10.8 Å². The number of rotatable bonds is 18. The lowest BCUT2D eigenvalue weighted by molar-refractivity contribution is 0.0364. The average Bonchev–Trinajstić information content (AvgIpc) is 4.07. The fourth-order valence-corrected chi connectivity index (χ4v) is 10.7. The first-order valence-electron chi connectivity index (χ1n) is 23.0. The van der Waals surface area contributed by atoms with Crippen molar-refractivity contribution in [2.75, 3.05) is 39.6 Å². The Kier molecular flexibility index (Phi) is 10.9. The second-order valence-corrected chi connectivity index (χ2v) is 19.7. The standard InChI is InChI=1S/C53H64O6/c1-51(2,39-23-27-52(28-24-39,41-7-15-45(16-8-41)54-31-37-3-4-37)42-9-17-46(18-10-42)55-32-38-5-6-38)40-25-29-53(30-26-40,43-11-19-47(20-12-43)56-33-49-35-58-49)44-13-21-48(22-14-44)57-34-50-36-59-50/h7-22,37-40,49-50H,3-6,23-36H2,1-2H3. The van der Waals surface area contributed by atoms with Crippen LogP contribution in [-0.4, -0.2) is 51.8 Å². The Morgan fingerprint density at radius 2 is 0.695 bits per heavy atom. The zero-order valence-corrected chi connectivity index (χ0v) is 35.4. The van der Waals surface area contributed by atoms with Crippen LogP contribution in [0.5, 0.6) is 23.0 Å². The van der Waals surface area contributed by atoms with Gasteiger partial charge in [-0.25, -0.2) is 0 Å². The molecule has 59 heavy (non-hydrogen) atoms. The molecule has 0 aromatic heterocycles. The van der Waals surface area contributed by atoms with Crippen LogP contribution in [0.15, 0.2) is 97.1 Å². The summed E-state index contributed by atoms with van der Waals surface area (Å²) in [6.07, 6.45) is 15.2. The molecule has 4 saturated carbocycles. The first kappa shape index (κ1) is 39.2. The van der Waals surface area contributed by atoms with E-state index in [4.69, 9.17) is 28.4 Å². The van der Waals surface area contributed by atoms with Crippen molar-refractivity contribution in [2.24, 2.45) is 29.1 Å². The van der Waals surface area contributed by atoms with Gasteiger partial charge in [-0.1, -0.05) is 62.4 Å². The van der Waals surface area contributed by atoms with Crippen LogP contribution in [0.1, 0.15) is 113 Å². The highest BCUT2D eigenvalue weighted by molar-refractivity contribution is 5.46. The first-order chi connectivity index (χ1) is 28.8. The molecule has 4 aromatic rings. The molecular formula is C53H64O6. The van der Waals surface area contributed by atoms with Gasteiger partial charge in [-0.2, -0.15) is 0 Å². The molecule has 6 heteroatoms. The van der Waals surface area contributed by atoms with Gasteiger partial charge in [0.25, 0.3) is 0 Å². The van der Waals surface area contributed by atoms with Crippen molar-refractivity contribution >= 4 is 0 Å². The summed E-state index contributed by atoms with van der Waals surface area (Å²) in [5, 5.41) is 0. The smallest absolute Gasteiger partial charge is 0.119 e. The Balaban J connectivity index is 0.851. The largest absolute Gasteiger partial charge is 0.493 e. The molecule has 6 aliphatic rings. The molecule has 2 unspecified atom stereocenters. The van der Waals surface area contributed by atoms with Crippen LogP contribution in [0.25, 0.3) is 0 Å². The van der Waals surface area contributed by atoms with E-state index >= 15 is 0 Å². The second-order valence-electron chi connectivity index (χ2n) is 19.7. The Morgan fingerprint density at radius 1 is 0.424 bits per heavy atom. The highest BCUT2D eigenvalue weighted by atomic mass is 16.6. The monoisotopic (exact) mass is 796 g/mol. The zero-order chi connectivity index (χ0) is 39.9. The molecule has 0 amide bonds. The molecule has 2 aliphatic heterocycles. The van der Waals surface area contributed by atoms with Gasteiger partial charge in [-0.05, 0) is 177 Å². The molecule has 312 valence electrons. The number of hydrogen-bond donors (Lipinski definition) is 0. The maximum atomic E-state index is 6.19.